The number of hydrogen-bond acceptors (Lipinski definition) is 3. The third kappa shape index (κ3) is 1.94. The van der Waals surface area contributed by atoms with Crippen LogP contribution in [0.5, 0.6) is 0 Å². The zero-order chi connectivity index (χ0) is 11.7. The molecule has 2 N–H and O–H groups in total. The molecular weight excluding hydrogens is 212 g/mol. The van der Waals surface area contributed by atoms with Gasteiger partial charge >= 0.3 is 0 Å². The molecule has 0 atom stereocenters. The van der Waals surface area contributed by atoms with Crippen LogP contribution < -0.4 is 10.8 Å². The molecule has 3 nitrogen and oxygen atoms in total. The molecule has 1 aromatic carbocycles. The van der Waals surface area contributed by atoms with Crippen LogP contribution in [-0.4, -0.2) is 19.7 Å². The molecule has 92 valence electrons. The predicted octanol–water partition coefficient (Wildman–Crippen LogP) is 2.21. The summed E-state index contributed by atoms with van der Waals surface area (Å²) in [6.45, 7) is 3.03. The molecule has 3 heteroatoms. The first kappa shape index (κ1) is 11.1. The van der Waals surface area contributed by atoms with Gasteiger partial charge in [0.05, 0.1) is 6.61 Å². The smallest absolute Gasteiger partial charge is 0.0776 e. The summed E-state index contributed by atoms with van der Waals surface area (Å²) < 4.78 is 0. The van der Waals surface area contributed by atoms with E-state index in [4.69, 9.17) is 10.7 Å². The van der Waals surface area contributed by atoms with Crippen LogP contribution >= 0.6 is 0 Å². The van der Waals surface area contributed by atoms with E-state index in [2.05, 4.69) is 29.2 Å². The number of benzene rings is 1. The third-order valence-electron chi connectivity index (χ3n) is 4.14. The minimum absolute atomic E-state index is 0.202. The molecule has 1 aliphatic heterocycles. The summed E-state index contributed by atoms with van der Waals surface area (Å²) in [5.41, 5.74) is 3.04. The Bertz CT molecular complexity index is 395. The summed E-state index contributed by atoms with van der Waals surface area (Å²) in [5, 5.41) is 0. The largest absolute Gasteiger partial charge is 0.371 e. The average molecular weight is 232 g/mol. The Morgan fingerprint density at radius 1 is 1.18 bits per heavy atom. The van der Waals surface area contributed by atoms with Gasteiger partial charge in [0.1, 0.15) is 0 Å². The highest BCUT2D eigenvalue weighted by atomic mass is 16.6. The van der Waals surface area contributed by atoms with Crippen LogP contribution in [0.15, 0.2) is 24.3 Å². The van der Waals surface area contributed by atoms with Crippen LogP contribution in [0.1, 0.15) is 31.2 Å². The Balaban J connectivity index is 1.93. The van der Waals surface area contributed by atoms with Gasteiger partial charge in [-0.05, 0) is 37.3 Å². The van der Waals surface area contributed by atoms with Gasteiger partial charge in [0.2, 0.25) is 0 Å². The van der Waals surface area contributed by atoms with Crippen molar-refractivity contribution in [3.8, 4) is 0 Å². The Kier molecular flexibility index (Phi) is 2.81. The second kappa shape index (κ2) is 4.31. The van der Waals surface area contributed by atoms with Crippen molar-refractivity contribution in [3.63, 3.8) is 0 Å². The second-order valence-electron chi connectivity index (χ2n) is 5.30. The highest BCUT2D eigenvalue weighted by Crippen LogP contribution is 2.51. The van der Waals surface area contributed by atoms with Crippen molar-refractivity contribution in [2.75, 3.05) is 24.6 Å². The summed E-state index contributed by atoms with van der Waals surface area (Å²) >= 11 is 0. The number of nitrogens with two attached hydrogens (primary N) is 1. The van der Waals surface area contributed by atoms with Crippen LogP contribution in [0.25, 0.3) is 0 Å². The molecule has 0 unspecified atom stereocenters. The number of anilines is 1. The molecule has 17 heavy (non-hydrogen) atoms. The summed E-state index contributed by atoms with van der Waals surface area (Å²) in [6.07, 6.45) is 5.04. The maximum Gasteiger partial charge on any atom is 0.0776 e. The van der Waals surface area contributed by atoms with E-state index in [1.165, 1.54) is 50.0 Å². The standard InChI is InChI=1S/C14H20N2O/c15-17-11-14(7-8-14)12-5-1-2-6-13(12)16-9-3-4-10-16/h1-2,5-6H,3-4,7-11,15H2. The van der Waals surface area contributed by atoms with Gasteiger partial charge in [-0.3, -0.25) is 0 Å². The molecule has 0 spiro atoms. The summed E-state index contributed by atoms with van der Waals surface area (Å²) in [7, 11) is 0. The highest BCUT2D eigenvalue weighted by molar-refractivity contribution is 5.59. The van der Waals surface area contributed by atoms with Gasteiger partial charge in [-0.1, -0.05) is 18.2 Å². The van der Waals surface area contributed by atoms with Crippen LogP contribution in [0.3, 0.4) is 0 Å². The van der Waals surface area contributed by atoms with Crippen molar-refractivity contribution in [1.29, 1.82) is 0 Å². The van der Waals surface area contributed by atoms with Crippen molar-refractivity contribution < 1.29 is 4.84 Å². The van der Waals surface area contributed by atoms with Crippen LogP contribution in [0, 0.1) is 0 Å². The van der Waals surface area contributed by atoms with Crippen LogP contribution in [0.4, 0.5) is 5.69 Å². The fraction of sp³-hybridized carbons (Fsp3) is 0.571. The normalized spacial score (nSPS) is 21.8. The molecule has 1 saturated heterocycles. The van der Waals surface area contributed by atoms with Crippen molar-refractivity contribution >= 4 is 5.69 Å². The van der Waals surface area contributed by atoms with Crippen LogP contribution in [0.2, 0.25) is 0 Å². The molecule has 1 aromatic rings. The number of hydrogen-bond donors (Lipinski definition) is 1. The molecular formula is C14H20N2O. The maximum atomic E-state index is 5.28. The van der Waals surface area contributed by atoms with Gasteiger partial charge in [0.15, 0.2) is 0 Å². The van der Waals surface area contributed by atoms with E-state index < -0.39 is 0 Å². The van der Waals surface area contributed by atoms with Crippen molar-refractivity contribution in [2.24, 2.45) is 5.90 Å². The van der Waals surface area contributed by atoms with Gasteiger partial charge in [0.25, 0.3) is 0 Å². The molecule has 3 rings (SSSR count). The van der Waals surface area contributed by atoms with E-state index in [0.29, 0.717) is 6.61 Å². The third-order valence-corrected chi connectivity index (χ3v) is 4.14. The Morgan fingerprint density at radius 3 is 2.53 bits per heavy atom. The van der Waals surface area contributed by atoms with Crippen molar-refractivity contribution in [3.05, 3.63) is 29.8 Å². The van der Waals surface area contributed by atoms with Gasteiger partial charge in [-0.2, -0.15) is 0 Å². The summed E-state index contributed by atoms with van der Waals surface area (Å²) in [4.78, 5) is 7.43. The first-order chi connectivity index (χ1) is 8.36. The lowest BCUT2D eigenvalue weighted by atomic mass is 9.94. The SMILES string of the molecule is NOCC1(c2ccccc2N2CCCC2)CC1. The van der Waals surface area contributed by atoms with Gasteiger partial charge in [-0.15, -0.1) is 0 Å². The summed E-state index contributed by atoms with van der Waals surface area (Å²) in [6, 6.07) is 8.76. The lowest BCUT2D eigenvalue weighted by Crippen LogP contribution is -2.24. The summed E-state index contributed by atoms with van der Waals surface area (Å²) in [5.74, 6) is 5.28. The maximum absolute atomic E-state index is 5.28. The fourth-order valence-corrected chi connectivity index (χ4v) is 2.96. The lowest BCUT2D eigenvalue weighted by molar-refractivity contribution is 0.116. The van der Waals surface area contributed by atoms with E-state index in [-0.39, 0.29) is 5.41 Å². The van der Waals surface area contributed by atoms with E-state index in [9.17, 15) is 0 Å². The molecule has 0 amide bonds. The minimum Gasteiger partial charge on any atom is -0.371 e. The van der Waals surface area contributed by atoms with E-state index in [1.807, 2.05) is 0 Å². The molecule has 2 fully saturated rings. The molecule has 0 bridgehead atoms. The fourth-order valence-electron chi connectivity index (χ4n) is 2.96. The second-order valence-corrected chi connectivity index (χ2v) is 5.30. The number of nitrogens with zero attached hydrogens (tertiary/aromatic N) is 1. The van der Waals surface area contributed by atoms with E-state index in [0.717, 1.165) is 0 Å². The lowest BCUT2D eigenvalue weighted by Gasteiger charge is -2.25. The zero-order valence-electron chi connectivity index (χ0n) is 10.2. The molecule has 2 aliphatic rings. The molecule has 1 saturated carbocycles. The van der Waals surface area contributed by atoms with Gasteiger partial charge in [0, 0.05) is 24.2 Å². The number of para-hydroxylation sites is 1. The topological polar surface area (TPSA) is 38.5 Å². The first-order valence-electron chi connectivity index (χ1n) is 6.52. The molecule has 1 heterocycles. The minimum atomic E-state index is 0.202. The van der Waals surface area contributed by atoms with Crippen LogP contribution in [-0.2, 0) is 10.3 Å². The average Bonchev–Trinajstić information content (AvgIpc) is 2.94. The molecule has 0 radical (unpaired) electrons. The predicted molar refractivity (Wildman–Crippen MR) is 68.9 cm³/mol. The van der Waals surface area contributed by atoms with Gasteiger partial charge < -0.3 is 9.74 Å². The zero-order valence-corrected chi connectivity index (χ0v) is 10.2. The monoisotopic (exact) mass is 232 g/mol. The quantitative estimate of drug-likeness (QED) is 0.809. The van der Waals surface area contributed by atoms with Crippen molar-refractivity contribution in [1.82, 2.24) is 0 Å². The van der Waals surface area contributed by atoms with Crippen molar-refractivity contribution in [2.45, 2.75) is 31.1 Å². The Hall–Kier alpha value is -1.06. The number of rotatable bonds is 4. The van der Waals surface area contributed by atoms with E-state index >= 15 is 0 Å². The molecule has 1 aliphatic carbocycles. The van der Waals surface area contributed by atoms with E-state index in [1.54, 1.807) is 0 Å². The Labute approximate surface area is 103 Å². The molecule has 0 aromatic heterocycles. The van der Waals surface area contributed by atoms with Gasteiger partial charge in [-0.25, -0.2) is 5.90 Å². The highest BCUT2D eigenvalue weighted by Gasteiger charge is 2.46. The first-order valence-corrected chi connectivity index (χ1v) is 6.52. The Morgan fingerprint density at radius 2 is 1.88 bits per heavy atom.